The molecule has 0 amide bonds. The zero-order chi connectivity index (χ0) is 13.8. The summed E-state index contributed by atoms with van der Waals surface area (Å²) in [6.07, 6.45) is 5.49. The minimum Gasteiger partial charge on any atom is -0.312 e. The van der Waals surface area contributed by atoms with Crippen LogP contribution in [0.3, 0.4) is 0 Å². The zero-order valence-electron chi connectivity index (χ0n) is 12.7. The normalized spacial score (nSPS) is 26.1. The summed E-state index contributed by atoms with van der Waals surface area (Å²) in [6.45, 7) is 7.38. The van der Waals surface area contributed by atoms with Crippen LogP contribution in [0.15, 0.2) is 30.3 Å². The molecular formula is C18H28N2. The summed E-state index contributed by atoms with van der Waals surface area (Å²) in [5.41, 5.74) is 1.49. The van der Waals surface area contributed by atoms with Gasteiger partial charge in [-0.2, -0.15) is 0 Å². The topological polar surface area (TPSA) is 15.3 Å². The molecule has 2 nitrogen and oxygen atoms in total. The number of nitrogens with zero attached hydrogens (tertiary/aromatic N) is 1. The summed E-state index contributed by atoms with van der Waals surface area (Å²) < 4.78 is 0. The minimum absolute atomic E-state index is 0.673. The molecule has 1 heterocycles. The lowest BCUT2D eigenvalue weighted by molar-refractivity contribution is 0.250. The van der Waals surface area contributed by atoms with Crippen LogP contribution in [0, 0.1) is 5.92 Å². The van der Waals surface area contributed by atoms with E-state index in [1.54, 1.807) is 0 Å². The Morgan fingerprint density at radius 3 is 2.80 bits per heavy atom. The first-order valence-electron chi connectivity index (χ1n) is 8.33. The number of hydrogen-bond donors (Lipinski definition) is 1. The van der Waals surface area contributed by atoms with Crippen molar-refractivity contribution in [2.24, 2.45) is 5.92 Å². The smallest absolute Gasteiger partial charge is 0.0223 e. The standard InChI is InChI=1S/C18H28N2/c1-15(16-6-3-2-4-7-16)10-13-20-12-5-11-19-18(14-20)17-8-9-17/h2-4,6-7,15,17-19H,5,8-14H2,1H3. The van der Waals surface area contributed by atoms with Crippen molar-refractivity contribution < 1.29 is 0 Å². The molecule has 1 aromatic carbocycles. The van der Waals surface area contributed by atoms with Gasteiger partial charge in [0.2, 0.25) is 0 Å². The Bertz CT molecular complexity index is 399. The summed E-state index contributed by atoms with van der Waals surface area (Å²) in [4.78, 5) is 2.70. The predicted molar refractivity (Wildman–Crippen MR) is 85.0 cm³/mol. The Morgan fingerprint density at radius 2 is 2.05 bits per heavy atom. The van der Waals surface area contributed by atoms with Gasteiger partial charge < -0.3 is 10.2 Å². The van der Waals surface area contributed by atoms with Gasteiger partial charge in [-0.1, -0.05) is 37.3 Å². The third-order valence-corrected chi connectivity index (χ3v) is 4.95. The molecule has 0 aromatic heterocycles. The van der Waals surface area contributed by atoms with Crippen LogP contribution in [-0.4, -0.2) is 37.1 Å². The fourth-order valence-electron chi connectivity index (χ4n) is 3.37. The Labute approximate surface area is 123 Å². The summed E-state index contributed by atoms with van der Waals surface area (Å²) in [5, 5.41) is 3.75. The summed E-state index contributed by atoms with van der Waals surface area (Å²) in [5.74, 6) is 1.65. The molecule has 1 N–H and O–H groups in total. The van der Waals surface area contributed by atoms with Gasteiger partial charge in [0.1, 0.15) is 0 Å². The molecule has 2 unspecified atom stereocenters. The zero-order valence-corrected chi connectivity index (χ0v) is 12.7. The minimum atomic E-state index is 0.673. The highest BCUT2D eigenvalue weighted by Gasteiger charge is 2.32. The van der Waals surface area contributed by atoms with E-state index in [4.69, 9.17) is 0 Å². The molecule has 2 fully saturated rings. The molecule has 2 aliphatic rings. The van der Waals surface area contributed by atoms with Crippen LogP contribution in [0.2, 0.25) is 0 Å². The van der Waals surface area contributed by atoms with Crippen molar-refractivity contribution in [2.45, 2.75) is 44.6 Å². The second-order valence-corrected chi connectivity index (χ2v) is 6.65. The van der Waals surface area contributed by atoms with Gasteiger partial charge in [0, 0.05) is 12.6 Å². The quantitative estimate of drug-likeness (QED) is 0.885. The highest BCUT2D eigenvalue weighted by molar-refractivity contribution is 5.18. The van der Waals surface area contributed by atoms with E-state index in [0.29, 0.717) is 5.92 Å². The van der Waals surface area contributed by atoms with E-state index < -0.39 is 0 Å². The summed E-state index contributed by atoms with van der Waals surface area (Å²) >= 11 is 0. The predicted octanol–water partition coefficient (Wildman–Crippen LogP) is 3.25. The van der Waals surface area contributed by atoms with Gasteiger partial charge in [-0.25, -0.2) is 0 Å². The molecule has 2 atom stereocenters. The second kappa shape index (κ2) is 6.73. The van der Waals surface area contributed by atoms with Gasteiger partial charge in [-0.05, 0) is 62.7 Å². The first-order valence-corrected chi connectivity index (χ1v) is 8.33. The SMILES string of the molecule is CC(CCN1CCCNC(C2CC2)C1)c1ccccc1. The highest BCUT2D eigenvalue weighted by Crippen LogP contribution is 2.33. The van der Waals surface area contributed by atoms with Gasteiger partial charge in [-0.3, -0.25) is 0 Å². The van der Waals surface area contributed by atoms with Crippen LogP contribution >= 0.6 is 0 Å². The maximum atomic E-state index is 3.75. The van der Waals surface area contributed by atoms with Crippen molar-refractivity contribution in [1.29, 1.82) is 0 Å². The average Bonchev–Trinajstić information content (AvgIpc) is 3.32. The van der Waals surface area contributed by atoms with Gasteiger partial charge in [0.05, 0.1) is 0 Å². The van der Waals surface area contributed by atoms with Gasteiger partial charge in [0.25, 0.3) is 0 Å². The molecule has 1 saturated carbocycles. The van der Waals surface area contributed by atoms with Crippen LogP contribution < -0.4 is 5.32 Å². The Morgan fingerprint density at radius 1 is 1.25 bits per heavy atom. The maximum Gasteiger partial charge on any atom is 0.0223 e. The molecule has 1 saturated heterocycles. The van der Waals surface area contributed by atoms with Crippen LogP contribution in [-0.2, 0) is 0 Å². The molecule has 0 spiro atoms. The first-order chi connectivity index (χ1) is 9.83. The molecule has 0 bridgehead atoms. The lowest BCUT2D eigenvalue weighted by Gasteiger charge is -2.25. The van der Waals surface area contributed by atoms with Crippen LogP contribution in [0.5, 0.6) is 0 Å². The largest absolute Gasteiger partial charge is 0.312 e. The number of hydrogen-bond acceptors (Lipinski definition) is 2. The van der Waals surface area contributed by atoms with Crippen molar-refractivity contribution in [2.75, 3.05) is 26.2 Å². The Hall–Kier alpha value is -0.860. The van der Waals surface area contributed by atoms with E-state index >= 15 is 0 Å². The van der Waals surface area contributed by atoms with E-state index in [1.165, 1.54) is 57.4 Å². The molecule has 3 rings (SSSR count). The van der Waals surface area contributed by atoms with E-state index in [0.717, 1.165) is 12.0 Å². The van der Waals surface area contributed by atoms with Crippen LogP contribution in [0.1, 0.15) is 44.1 Å². The molecule has 1 aromatic rings. The van der Waals surface area contributed by atoms with Gasteiger partial charge >= 0.3 is 0 Å². The molecule has 110 valence electrons. The molecule has 1 aliphatic heterocycles. The molecule has 20 heavy (non-hydrogen) atoms. The monoisotopic (exact) mass is 272 g/mol. The average molecular weight is 272 g/mol. The highest BCUT2D eigenvalue weighted by atomic mass is 15.2. The van der Waals surface area contributed by atoms with Crippen molar-refractivity contribution in [3.05, 3.63) is 35.9 Å². The van der Waals surface area contributed by atoms with Crippen molar-refractivity contribution >= 4 is 0 Å². The summed E-state index contributed by atoms with van der Waals surface area (Å²) in [7, 11) is 0. The van der Waals surface area contributed by atoms with Gasteiger partial charge in [-0.15, -0.1) is 0 Å². The van der Waals surface area contributed by atoms with Crippen molar-refractivity contribution in [1.82, 2.24) is 10.2 Å². The van der Waals surface area contributed by atoms with Crippen molar-refractivity contribution in [3.8, 4) is 0 Å². The number of nitrogens with one attached hydrogen (secondary N) is 1. The third kappa shape index (κ3) is 3.83. The maximum absolute atomic E-state index is 3.75. The lowest BCUT2D eigenvalue weighted by Crippen LogP contribution is -2.39. The molecule has 2 heteroatoms. The Balaban J connectivity index is 1.49. The fourth-order valence-corrected chi connectivity index (χ4v) is 3.37. The number of benzene rings is 1. The van der Waals surface area contributed by atoms with E-state index in [2.05, 4.69) is 47.5 Å². The van der Waals surface area contributed by atoms with Crippen LogP contribution in [0.25, 0.3) is 0 Å². The summed E-state index contributed by atoms with van der Waals surface area (Å²) in [6, 6.07) is 11.7. The van der Waals surface area contributed by atoms with E-state index in [-0.39, 0.29) is 0 Å². The van der Waals surface area contributed by atoms with E-state index in [1.807, 2.05) is 0 Å². The fraction of sp³-hybridized carbons (Fsp3) is 0.667. The molecule has 1 aliphatic carbocycles. The van der Waals surface area contributed by atoms with E-state index in [9.17, 15) is 0 Å². The van der Waals surface area contributed by atoms with Gasteiger partial charge in [0.15, 0.2) is 0 Å². The van der Waals surface area contributed by atoms with Crippen molar-refractivity contribution in [3.63, 3.8) is 0 Å². The van der Waals surface area contributed by atoms with Crippen LogP contribution in [0.4, 0.5) is 0 Å². The second-order valence-electron chi connectivity index (χ2n) is 6.65. The molecule has 0 radical (unpaired) electrons. The number of rotatable bonds is 5. The first kappa shape index (κ1) is 14.1. The lowest BCUT2D eigenvalue weighted by atomic mass is 9.97. The third-order valence-electron chi connectivity index (χ3n) is 4.95. The Kier molecular flexibility index (Phi) is 4.74. The molecular weight excluding hydrogens is 244 g/mol.